The van der Waals surface area contributed by atoms with E-state index in [-0.39, 0.29) is 18.0 Å². The number of pyridine rings is 1. The number of amides is 1. The summed E-state index contributed by atoms with van der Waals surface area (Å²) >= 11 is 0. The van der Waals surface area contributed by atoms with Crippen molar-refractivity contribution in [3.05, 3.63) is 41.9 Å². The molecule has 1 N–H and O–H groups in total. The molecule has 1 atom stereocenters. The fourth-order valence-corrected chi connectivity index (χ4v) is 2.24. The molecule has 7 nitrogen and oxygen atoms in total. The van der Waals surface area contributed by atoms with E-state index in [4.69, 9.17) is 9.47 Å². The van der Waals surface area contributed by atoms with E-state index >= 15 is 0 Å². The zero-order valence-corrected chi connectivity index (χ0v) is 12.9. The third-order valence-corrected chi connectivity index (χ3v) is 3.46. The minimum absolute atomic E-state index is 0.137. The highest BCUT2D eigenvalue weighted by molar-refractivity contribution is 6.03. The van der Waals surface area contributed by atoms with Gasteiger partial charge in [0.1, 0.15) is 6.61 Å². The number of anilines is 1. The van der Waals surface area contributed by atoms with Gasteiger partial charge in [0.05, 0.1) is 11.7 Å². The molecule has 0 aromatic carbocycles. The highest BCUT2D eigenvalue weighted by atomic mass is 16.5. The molecule has 0 aliphatic carbocycles. The second-order valence-electron chi connectivity index (χ2n) is 5.31. The lowest BCUT2D eigenvalue weighted by Gasteiger charge is -2.10. The Morgan fingerprint density at radius 3 is 3.00 bits per heavy atom. The number of aryl methyl sites for hydroxylation is 1. The standard InChI is InChI=1S/C16H18N4O3/c1-11-6-7-17-16(19-11)20-15(21)12-4-5-14(18-9-12)23-10-13-3-2-8-22-13/h4-7,9,13H,2-3,8,10H2,1H3,(H,17,19,20,21)/t13-/m1/s1. The van der Waals surface area contributed by atoms with Gasteiger partial charge < -0.3 is 9.47 Å². The van der Waals surface area contributed by atoms with Gasteiger partial charge in [-0.3, -0.25) is 10.1 Å². The molecule has 120 valence electrons. The maximum Gasteiger partial charge on any atom is 0.259 e. The number of carbonyl (C=O) groups excluding carboxylic acids is 1. The molecular formula is C16H18N4O3. The van der Waals surface area contributed by atoms with Crippen LogP contribution >= 0.6 is 0 Å². The molecule has 7 heteroatoms. The molecule has 1 saturated heterocycles. The van der Waals surface area contributed by atoms with Crippen molar-refractivity contribution in [1.82, 2.24) is 15.0 Å². The van der Waals surface area contributed by atoms with Crippen LogP contribution in [-0.4, -0.2) is 40.2 Å². The summed E-state index contributed by atoms with van der Waals surface area (Å²) < 4.78 is 11.0. The average molecular weight is 314 g/mol. The van der Waals surface area contributed by atoms with E-state index in [1.54, 1.807) is 24.4 Å². The van der Waals surface area contributed by atoms with E-state index in [0.717, 1.165) is 25.1 Å². The van der Waals surface area contributed by atoms with Crippen molar-refractivity contribution >= 4 is 11.9 Å². The molecule has 0 bridgehead atoms. The maximum atomic E-state index is 12.1. The van der Waals surface area contributed by atoms with E-state index in [9.17, 15) is 4.79 Å². The van der Waals surface area contributed by atoms with E-state index in [2.05, 4.69) is 20.3 Å². The molecule has 23 heavy (non-hydrogen) atoms. The van der Waals surface area contributed by atoms with Crippen molar-refractivity contribution in [3.8, 4) is 5.88 Å². The molecule has 0 spiro atoms. The van der Waals surface area contributed by atoms with Crippen LogP contribution in [0.5, 0.6) is 5.88 Å². The highest BCUT2D eigenvalue weighted by Crippen LogP contribution is 2.15. The molecule has 3 heterocycles. The predicted molar refractivity (Wildman–Crippen MR) is 83.4 cm³/mol. The van der Waals surface area contributed by atoms with Crippen LogP contribution in [0.4, 0.5) is 5.95 Å². The van der Waals surface area contributed by atoms with Crippen LogP contribution in [-0.2, 0) is 4.74 Å². The summed E-state index contributed by atoms with van der Waals surface area (Å²) in [4.78, 5) is 24.4. The third kappa shape index (κ3) is 4.23. The zero-order chi connectivity index (χ0) is 16.1. The molecule has 2 aromatic heterocycles. The van der Waals surface area contributed by atoms with Crippen LogP contribution in [0.25, 0.3) is 0 Å². The molecule has 1 aliphatic rings. The lowest BCUT2D eigenvalue weighted by atomic mass is 10.2. The number of aromatic nitrogens is 3. The zero-order valence-electron chi connectivity index (χ0n) is 12.9. The quantitative estimate of drug-likeness (QED) is 0.908. The Kier molecular flexibility index (Phi) is 4.77. The Morgan fingerprint density at radius 1 is 1.39 bits per heavy atom. The molecule has 2 aromatic rings. The lowest BCUT2D eigenvalue weighted by molar-refractivity contribution is 0.0663. The summed E-state index contributed by atoms with van der Waals surface area (Å²) in [6.07, 6.45) is 5.28. The van der Waals surface area contributed by atoms with Gasteiger partial charge in [-0.1, -0.05) is 0 Å². The van der Waals surface area contributed by atoms with Crippen LogP contribution in [0, 0.1) is 6.92 Å². The topological polar surface area (TPSA) is 86.2 Å². The van der Waals surface area contributed by atoms with Gasteiger partial charge in [-0.15, -0.1) is 0 Å². The van der Waals surface area contributed by atoms with Crippen LogP contribution < -0.4 is 10.1 Å². The summed E-state index contributed by atoms with van der Waals surface area (Å²) in [7, 11) is 0. The van der Waals surface area contributed by atoms with Gasteiger partial charge in [-0.25, -0.2) is 15.0 Å². The summed E-state index contributed by atoms with van der Waals surface area (Å²) in [5, 5.41) is 2.63. The predicted octanol–water partition coefficient (Wildman–Crippen LogP) is 1.99. The molecule has 1 fully saturated rings. The van der Waals surface area contributed by atoms with Crippen molar-refractivity contribution < 1.29 is 14.3 Å². The van der Waals surface area contributed by atoms with E-state index in [1.807, 2.05) is 6.92 Å². The Morgan fingerprint density at radius 2 is 2.30 bits per heavy atom. The van der Waals surface area contributed by atoms with Gasteiger partial charge in [0.2, 0.25) is 11.8 Å². The lowest BCUT2D eigenvalue weighted by Crippen LogP contribution is -2.17. The third-order valence-electron chi connectivity index (χ3n) is 3.46. The van der Waals surface area contributed by atoms with Gasteiger partial charge >= 0.3 is 0 Å². The van der Waals surface area contributed by atoms with Crippen LogP contribution in [0.1, 0.15) is 28.9 Å². The fraction of sp³-hybridized carbons (Fsp3) is 0.375. The number of ether oxygens (including phenoxy) is 2. The SMILES string of the molecule is Cc1ccnc(NC(=O)c2ccc(OC[C@H]3CCCO3)nc2)n1. The van der Waals surface area contributed by atoms with Gasteiger partial charge in [0.25, 0.3) is 5.91 Å². The Labute approximate surface area is 134 Å². The molecule has 1 amide bonds. The first-order chi connectivity index (χ1) is 11.2. The molecule has 3 rings (SSSR count). The van der Waals surface area contributed by atoms with E-state index in [1.165, 1.54) is 6.20 Å². The molecule has 1 aliphatic heterocycles. The molecule has 0 saturated carbocycles. The summed E-state index contributed by atoms with van der Waals surface area (Å²) in [6, 6.07) is 5.08. The number of nitrogens with one attached hydrogen (secondary N) is 1. The van der Waals surface area contributed by atoms with E-state index in [0.29, 0.717) is 18.1 Å². The number of rotatable bonds is 5. The second kappa shape index (κ2) is 7.15. The maximum absolute atomic E-state index is 12.1. The molecule has 0 unspecified atom stereocenters. The highest BCUT2D eigenvalue weighted by Gasteiger charge is 2.16. The number of carbonyl (C=O) groups is 1. The summed E-state index contributed by atoms with van der Waals surface area (Å²) in [6.45, 7) is 3.11. The van der Waals surface area contributed by atoms with Crippen molar-refractivity contribution in [2.24, 2.45) is 0 Å². The van der Waals surface area contributed by atoms with Gasteiger partial charge in [0.15, 0.2) is 0 Å². The fourth-order valence-electron chi connectivity index (χ4n) is 2.24. The Bertz CT molecular complexity index is 669. The van der Waals surface area contributed by atoms with E-state index < -0.39 is 0 Å². The Hall–Kier alpha value is -2.54. The van der Waals surface area contributed by atoms with Crippen molar-refractivity contribution in [3.63, 3.8) is 0 Å². The van der Waals surface area contributed by atoms with Crippen molar-refractivity contribution in [1.29, 1.82) is 0 Å². The largest absolute Gasteiger partial charge is 0.475 e. The Balaban J connectivity index is 1.56. The van der Waals surface area contributed by atoms with Gasteiger partial charge in [-0.2, -0.15) is 0 Å². The van der Waals surface area contributed by atoms with Crippen LogP contribution in [0.2, 0.25) is 0 Å². The minimum Gasteiger partial charge on any atom is -0.475 e. The number of hydrogen-bond donors (Lipinski definition) is 1. The van der Waals surface area contributed by atoms with Gasteiger partial charge in [0, 0.05) is 30.8 Å². The summed E-state index contributed by atoms with van der Waals surface area (Å²) in [5.74, 6) is 0.436. The summed E-state index contributed by atoms with van der Waals surface area (Å²) in [5.41, 5.74) is 1.20. The smallest absolute Gasteiger partial charge is 0.259 e. The van der Waals surface area contributed by atoms with Crippen molar-refractivity contribution in [2.45, 2.75) is 25.9 Å². The average Bonchev–Trinajstić information content (AvgIpc) is 3.07. The normalized spacial score (nSPS) is 17.0. The number of hydrogen-bond acceptors (Lipinski definition) is 6. The molecule has 0 radical (unpaired) electrons. The first-order valence-corrected chi connectivity index (χ1v) is 7.52. The number of nitrogens with zero attached hydrogens (tertiary/aromatic N) is 3. The van der Waals surface area contributed by atoms with Crippen LogP contribution in [0.3, 0.4) is 0 Å². The second-order valence-corrected chi connectivity index (χ2v) is 5.31. The minimum atomic E-state index is -0.311. The van der Waals surface area contributed by atoms with Crippen molar-refractivity contribution in [2.75, 3.05) is 18.5 Å². The first kappa shape index (κ1) is 15.4. The monoisotopic (exact) mass is 314 g/mol. The molecular weight excluding hydrogens is 296 g/mol. The van der Waals surface area contributed by atoms with Crippen LogP contribution in [0.15, 0.2) is 30.6 Å². The van der Waals surface area contributed by atoms with Gasteiger partial charge in [-0.05, 0) is 31.9 Å². The first-order valence-electron chi connectivity index (χ1n) is 7.52.